The van der Waals surface area contributed by atoms with E-state index in [1.165, 1.54) is 12.1 Å². The molecule has 2 aliphatic rings. The molecular weight excluding hydrogens is 343 g/mol. The lowest BCUT2D eigenvalue weighted by Crippen LogP contribution is -2.43. The number of hydrogen-bond donors (Lipinski definition) is 3. The van der Waals surface area contributed by atoms with Gasteiger partial charge in [-0.3, -0.25) is 5.10 Å². The van der Waals surface area contributed by atoms with Gasteiger partial charge in [-0.05, 0) is 23.8 Å². The van der Waals surface area contributed by atoms with Crippen molar-refractivity contribution >= 4 is 22.6 Å². The van der Waals surface area contributed by atoms with Gasteiger partial charge in [-0.25, -0.2) is 9.38 Å². The Balaban J connectivity index is 1.74. The number of rotatable bonds is 2. The topological polar surface area (TPSA) is 82.3 Å². The molecule has 0 spiro atoms. The number of amidine groups is 1. The quantitative estimate of drug-likeness (QED) is 0.655. The van der Waals surface area contributed by atoms with E-state index in [0.717, 1.165) is 40.7 Å². The van der Waals surface area contributed by atoms with Gasteiger partial charge in [0.15, 0.2) is 12.0 Å². The number of aromatic amines is 1. The van der Waals surface area contributed by atoms with Gasteiger partial charge in [0, 0.05) is 36.2 Å². The van der Waals surface area contributed by atoms with Crippen LogP contribution in [0.15, 0.2) is 64.8 Å². The zero-order valence-electron chi connectivity index (χ0n) is 14.6. The molecule has 136 valence electrons. The maximum atomic E-state index is 13.9. The third-order valence-electron chi connectivity index (χ3n) is 5.13. The van der Waals surface area contributed by atoms with Crippen LogP contribution in [0.4, 0.5) is 10.2 Å². The van der Waals surface area contributed by atoms with Crippen LogP contribution in [-0.4, -0.2) is 29.1 Å². The Kier molecular flexibility index (Phi) is 3.68. The fraction of sp³-hybridized carbons (Fsp3) is 0.200. The Bertz CT molecular complexity index is 1070. The summed E-state index contributed by atoms with van der Waals surface area (Å²) < 4.78 is 13.9. The van der Waals surface area contributed by atoms with Crippen LogP contribution in [0.2, 0.25) is 0 Å². The van der Waals surface area contributed by atoms with E-state index in [0.29, 0.717) is 18.2 Å². The van der Waals surface area contributed by atoms with Crippen LogP contribution >= 0.6 is 0 Å². The van der Waals surface area contributed by atoms with Crippen LogP contribution in [-0.2, 0) is 0 Å². The molecular formula is C20H19FN6. The fourth-order valence-electron chi connectivity index (χ4n) is 3.84. The van der Waals surface area contributed by atoms with Gasteiger partial charge in [-0.2, -0.15) is 5.10 Å². The number of nitrogens with one attached hydrogen (secondary N) is 2. The molecule has 27 heavy (non-hydrogen) atoms. The molecule has 3 heterocycles. The van der Waals surface area contributed by atoms with Gasteiger partial charge < -0.3 is 16.0 Å². The van der Waals surface area contributed by atoms with Crippen LogP contribution in [0.25, 0.3) is 10.9 Å². The van der Waals surface area contributed by atoms with Gasteiger partial charge >= 0.3 is 0 Å². The van der Waals surface area contributed by atoms with E-state index in [2.05, 4.69) is 20.4 Å². The third kappa shape index (κ3) is 2.59. The van der Waals surface area contributed by atoms with Gasteiger partial charge in [0.1, 0.15) is 11.7 Å². The van der Waals surface area contributed by atoms with E-state index in [1.54, 1.807) is 6.07 Å². The van der Waals surface area contributed by atoms with E-state index in [4.69, 9.17) is 10.7 Å². The average molecular weight is 362 g/mol. The zero-order valence-corrected chi connectivity index (χ0v) is 14.6. The Morgan fingerprint density at radius 1 is 1.15 bits per heavy atom. The van der Waals surface area contributed by atoms with Crippen molar-refractivity contribution < 1.29 is 4.39 Å². The highest BCUT2D eigenvalue weighted by atomic mass is 19.1. The summed E-state index contributed by atoms with van der Waals surface area (Å²) in [5, 5.41) is 11.6. The molecule has 0 saturated carbocycles. The first-order valence-electron chi connectivity index (χ1n) is 8.96. The van der Waals surface area contributed by atoms with E-state index < -0.39 is 0 Å². The van der Waals surface area contributed by atoms with Crippen molar-refractivity contribution in [2.24, 2.45) is 10.7 Å². The Morgan fingerprint density at radius 2 is 2.00 bits per heavy atom. The number of nitrogens with two attached hydrogens (primary N) is 1. The number of H-pyrrole nitrogens is 1. The molecule has 4 N–H and O–H groups in total. The number of anilines is 1. The van der Waals surface area contributed by atoms with Crippen molar-refractivity contribution in [1.29, 1.82) is 0 Å². The summed E-state index contributed by atoms with van der Waals surface area (Å²) in [4.78, 5) is 6.88. The molecule has 2 aromatic carbocycles. The predicted molar refractivity (Wildman–Crippen MR) is 104 cm³/mol. The minimum absolute atomic E-state index is 0.291. The van der Waals surface area contributed by atoms with Crippen LogP contribution in [0.1, 0.15) is 18.2 Å². The molecule has 0 bridgehead atoms. The van der Waals surface area contributed by atoms with Crippen molar-refractivity contribution in [1.82, 2.24) is 15.5 Å². The molecule has 7 heteroatoms. The van der Waals surface area contributed by atoms with Crippen LogP contribution < -0.4 is 16.0 Å². The van der Waals surface area contributed by atoms with E-state index in [-0.39, 0.29) is 12.0 Å². The molecule has 0 radical (unpaired) electrons. The molecule has 0 fully saturated rings. The lowest BCUT2D eigenvalue weighted by atomic mass is 10.00. The highest BCUT2D eigenvalue weighted by Crippen LogP contribution is 2.40. The molecule has 3 aromatic rings. The minimum Gasteiger partial charge on any atom is -0.384 e. The summed E-state index contributed by atoms with van der Waals surface area (Å²) in [7, 11) is 0. The Labute approximate surface area is 155 Å². The summed E-state index contributed by atoms with van der Waals surface area (Å²) in [6.45, 7) is 1.51. The molecule has 1 atom stereocenters. The monoisotopic (exact) mass is 362 g/mol. The number of hydrogen-bond acceptors (Lipinski definition) is 5. The standard InChI is InChI=1S/C20H19FN6/c21-13-6-7-16-14(10-13)20(26-25-16)27-17-8-9-23-11-15(17)18(22)24-19(27)12-4-2-1-3-5-12/h1-7,10,19,23H,8-9,11H2,(H2,22,24)(H,25,26). The second kappa shape index (κ2) is 6.21. The van der Waals surface area contributed by atoms with Gasteiger partial charge in [0.25, 0.3) is 0 Å². The lowest BCUT2D eigenvalue weighted by Gasteiger charge is -2.39. The van der Waals surface area contributed by atoms with Crippen molar-refractivity contribution in [3.8, 4) is 0 Å². The highest BCUT2D eigenvalue weighted by molar-refractivity contribution is 6.01. The first-order chi connectivity index (χ1) is 13.2. The summed E-state index contributed by atoms with van der Waals surface area (Å²) in [5.41, 5.74) is 10.2. The Morgan fingerprint density at radius 3 is 2.85 bits per heavy atom. The minimum atomic E-state index is -0.335. The van der Waals surface area contributed by atoms with Crippen molar-refractivity contribution in [2.45, 2.75) is 12.6 Å². The SMILES string of the molecule is NC1=NC(c2ccccc2)N(c2n[nH]c3ccc(F)cc23)C2=C1CNCC2. The molecule has 5 rings (SSSR count). The van der Waals surface area contributed by atoms with E-state index in [1.807, 2.05) is 30.3 Å². The molecule has 0 amide bonds. The van der Waals surface area contributed by atoms with Crippen molar-refractivity contribution in [3.63, 3.8) is 0 Å². The molecule has 1 aromatic heterocycles. The van der Waals surface area contributed by atoms with Crippen molar-refractivity contribution in [3.05, 3.63) is 71.2 Å². The molecule has 0 aliphatic carbocycles. The van der Waals surface area contributed by atoms with Crippen LogP contribution in [0, 0.1) is 5.82 Å². The van der Waals surface area contributed by atoms with Crippen LogP contribution in [0.3, 0.4) is 0 Å². The second-order valence-corrected chi connectivity index (χ2v) is 6.76. The van der Waals surface area contributed by atoms with Crippen LogP contribution in [0.5, 0.6) is 0 Å². The average Bonchev–Trinajstić information content (AvgIpc) is 3.11. The lowest BCUT2D eigenvalue weighted by molar-refractivity contribution is 0.602. The maximum absolute atomic E-state index is 13.9. The fourth-order valence-corrected chi connectivity index (χ4v) is 3.84. The number of aromatic nitrogens is 2. The van der Waals surface area contributed by atoms with E-state index >= 15 is 0 Å². The van der Waals surface area contributed by atoms with Gasteiger partial charge in [-0.1, -0.05) is 30.3 Å². The third-order valence-corrected chi connectivity index (χ3v) is 5.13. The maximum Gasteiger partial charge on any atom is 0.164 e. The number of aliphatic imine (C=N–C) groups is 1. The number of fused-ring (bicyclic) bond motifs is 1. The van der Waals surface area contributed by atoms with Gasteiger partial charge in [0.2, 0.25) is 0 Å². The van der Waals surface area contributed by atoms with Crippen molar-refractivity contribution in [2.75, 3.05) is 18.0 Å². The summed E-state index contributed by atoms with van der Waals surface area (Å²) >= 11 is 0. The smallest absolute Gasteiger partial charge is 0.164 e. The predicted octanol–water partition coefficient (Wildman–Crippen LogP) is 2.83. The second-order valence-electron chi connectivity index (χ2n) is 6.76. The van der Waals surface area contributed by atoms with Gasteiger partial charge in [-0.15, -0.1) is 0 Å². The number of nitrogens with zero attached hydrogens (tertiary/aromatic N) is 3. The summed E-state index contributed by atoms with van der Waals surface area (Å²) in [5.74, 6) is 0.929. The largest absolute Gasteiger partial charge is 0.384 e. The molecule has 2 aliphatic heterocycles. The highest BCUT2D eigenvalue weighted by Gasteiger charge is 2.34. The van der Waals surface area contributed by atoms with E-state index in [9.17, 15) is 4.39 Å². The summed E-state index contributed by atoms with van der Waals surface area (Å²) in [6.07, 6.45) is 0.469. The number of benzene rings is 2. The molecule has 0 saturated heterocycles. The normalized spacial score (nSPS) is 20.0. The molecule has 1 unspecified atom stereocenters. The van der Waals surface area contributed by atoms with Gasteiger partial charge in [0.05, 0.1) is 5.52 Å². The summed E-state index contributed by atoms with van der Waals surface area (Å²) in [6, 6.07) is 14.6. The molecule has 6 nitrogen and oxygen atoms in total. The first kappa shape index (κ1) is 16.0. The Hall–Kier alpha value is -3.19. The number of halogens is 1. The zero-order chi connectivity index (χ0) is 18.4. The first-order valence-corrected chi connectivity index (χ1v) is 8.96.